The zero-order valence-corrected chi connectivity index (χ0v) is 7.03. The van der Waals surface area contributed by atoms with E-state index in [1.807, 2.05) is 0 Å². The Bertz CT molecular complexity index is 219. The first-order valence-corrected chi connectivity index (χ1v) is 4.66. The highest BCUT2D eigenvalue weighted by Gasteiger charge is 2.20. The first-order valence-electron chi connectivity index (χ1n) is 2.71. The molecule has 0 radical (unpaired) electrons. The van der Waals surface area contributed by atoms with Crippen LogP contribution in [0.3, 0.4) is 0 Å². The van der Waals surface area contributed by atoms with Crippen molar-refractivity contribution in [3.8, 4) is 0 Å². The Morgan fingerprint density at radius 2 is 2.00 bits per heavy atom. The van der Waals surface area contributed by atoms with Gasteiger partial charge in [-0.2, -0.15) is 0 Å². The van der Waals surface area contributed by atoms with Crippen LogP contribution in [0.4, 0.5) is 0 Å². The summed E-state index contributed by atoms with van der Waals surface area (Å²) in [6.45, 7) is 1.42. The molecule has 1 N–H and O–H groups in total. The standard InChI is InChI=1S/C5H11NO3S/c1-4(5(6)9-2)10(3,7)8/h4,6H,1-3H3. The molecule has 0 aromatic heterocycles. The van der Waals surface area contributed by atoms with Crippen molar-refractivity contribution < 1.29 is 13.2 Å². The molecule has 0 fully saturated rings. The second-order valence-electron chi connectivity index (χ2n) is 2.04. The highest BCUT2D eigenvalue weighted by Crippen LogP contribution is 1.99. The van der Waals surface area contributed by atoms with Crippen molar-refractivity contribution >= 4 is 15.7 Å². The maximum Gasteiger partial charge on any atom is 0.198 e. The van der Waals surface area contributed by atoms with Gasteiger partial charge in [0, 0.05) is 6.26 Å². The van der Waals surface area contributed by atoms with Gasteiger partial charge >= 0.3 is 0 Å². The van der Waals surface area contributed by atoms with Gasteiger partial charge in [0.25, 0.3) is 0 Å². The maximum absolute atomic E-state index is 10.7. The van der Waals surface area contributed by atoms with Gasteiger partial charge in [-0.15, -0.1) is 0 Å². The van der Waals surface area contributed by atoms with E-state index in [1.165, 1.54) is 14.0 Å². The second kappa shape index (κ2) is 3.01. The third-order valence-electron chi connectivity index (χ3n) is 1.23. The number of rotatable bonds is 2. The van der Waals surface area contributed by atoms with E-state index in [2.05, 4.69) is 4.74 Å². The Morgan fingerprint density at radius 3 is 2.10 bits per heavy atom. The molecule has 5 heteroatoms. The fraction of sp³-hybridized carbons (Fsp3) is 0.800. The van der Waals surface area contributed by atoms with Crippen LogP contribution in [-0.2, 0) is 14.6 Å². The van der Waals surface area contributed by atoms with Crippen molar-refractivity contribution in [2.75, 3.05) is 13.4 Å². The van der Waals surface area contributed by atoms with Gasteiger partial charge in [-0.1, -0.05) is 0 Å². The molecule has 0 saturated carbocycles. The van der Waals surface area contributed by atoms with Crippen LogP contribution in [0.1, 0.15) is 6.92 Å². The Morgan fingerprint density at radius 1 is 1.60 bits per heavy atom. The van der Waals surface area contributed by atoms with E-state index in [-0.39, 0.29) is 5.90 Å². The van der Waals surface area contributed by atoms with Crippen LogP contribution in [0.25, 0.3) is 0 Å². The van der Waals surface area contributed by atoms with Crippen molar-refractivity contribution in [2.45, 2.75) is 12.2 Å². The summed E-state index contributed by atoms with van der Waals surface area (Å²) in [6.07, 6.45) is 1.07. The highest BCUT2D eigenvalue weighted by molar-refractivity contribution is 7.92. The predicted octanol–water partition coefficient (Wildman–Crippen LogP) is 0.0432. The smallest absolute Gasteiger partial charge is 0.198 e. The molecule has 1 unspecified atom stereocenters. The summed E-state index contributed by atoms with van der Waals surface area (Å²) in [5, 5.41) is 6.16. The molecule has 0 aliphatic heterocycles. The lowest BCUT2D eigenvalue weighted by Gasteiger charge is -2.08. The Kier molecular flexibility index (Phi) is 2.83. The Hall–Kier alpha value is -0.580. The normalized spacial score (nSPS) is 14.3. The molecule has 60 valence electrons. The number of hydrogen-bond donors (Lipinski definition) is 1. The Balaban J connectivity index is 4.39. The molecule has 10 heavy (non-hydrogen) atoms. The molecule has 0 saturated heterocycles. The molecule has 0 heterocycles. The van der Waals surface area contributed by atoms with E-state index in [0.29, 0.717) is 0 Å². The summed E-state index contributed by atoms with van der Waals surface area (Å²) in [7, 11) is -1.88. The first kappa shape index (κ1) is 9.42. The van der Waals surface area contributed by atoms with Crippen LogP contribution < -0.4 is 0 Å². The molecular formula is C5H11NO3S. The number of ether oxygens (including phenoxy) is 1. The van der Waals surface area contributed by atoms with E-state index in [4.69, 9.17) is 5.41 Å². The molecule has 0 aromatic carbocycles. The molecular weight excluding hydrogens is 154 g/mol. The monoisotopic (exact) mass is 165 g/mol. The molecule has 0 bridgehead atoms. The molecule has 0 aromatic rings. The Labute approximate surface area is 60.6 Å². The van der Waals surface area contributed by atoms with Crippen LogP contribution in [0, 0.1) is 5.41 Å². The van der Waals surface area contributed by atoms with E-state index in [0.717, 1.165) is 6.26 Å². The third-order valence-corrected chi connectivity index (χ3v) is 2.73. The van der Waals surface area contributed by atoms with Gasteiger partial charge < -0.3 is 4.74 Å². The van der Waals surface area contributed by atoms with Crippen molar-refractivity contribution in [2.24, 2.45) is 0 Å². The molecule has 0 amide bonds. The van der Waals surface area contributed by atoms with Crippen molar-refractivity contribution in [1.82, 2.24) is 0 Å². The molecule has 0 spiro atoms. The van der Waals surface area contributed by atoms with E-state index in [9.17, 15) is 8.42 Å². The summed E-state index contributed by atoms with van der Waals surface area (Å²) in [4.78, 5) is 0. The topological polar surface area (TPSA) is 67.2 Å². The largest absolute Gasteiger partial charge is 0.484 e. The van der Waals surface area contributed by atoms with Crippen molar-refractivity contribution in [1.29, 1.82) is 5.41 Å². The second-order valence-corrected chi connectivity index (χ2v) is 4.41. The van der Waals surface area contributed by atoms with Gasteiger partial charge in [-0.3, -0.25) is 5.41 Å². The van der Waals surface area contributed by atoms with Crippen molar-refractivity contribution in [3.05, 3.63) is 0 Å². The third kappa shape index (κ3) is 2.34. The van der Waals surface area contributed by atoms with Gasteiger partial charge in [0.15, 0.2) is 15.7 Å². The van der Waals surface area contributed by atoms with E-state index < -0.39 is 15.1 Å². The average molecular weight is 165 g/mol. The van der Waals surface area contributed by atoms with Crippen molar-refractivity contribution in [3.63, 3.8) is 0 Å². The molecule has 4 nitrogen and oxygen atoms in total. The lowest BCUT2D eigenvalue weighted by atomic mass is 10.5. The van der Waals surface area contributed by atoms with Crippen LogP contribution in [0.2, 0.25) is 0 Å². The SMILES string of the molecule is COC(=N)C(C)S(C)(=O)=O. The predicted molar refractivity (Wildman–Crippen MR) is 39.0 cm³/mol. The fourth-order valence-corrected chi connectivity index (χ4v) is 0.845. The minimum absolute atomic E-state index is 0.220. The minimum Gasteiger partial charge on any atom is -0.484 e. The van der Waals surface area contributed by atoms with Gasteiger partial charge in [-0.25, -0.2) is 8.42 Å². The molecule has 0 aliphatic rings. The fourth-order valence-electron chi connectivity index (χ4n) is 0.360. The first-order chi connectivity index (χ1) is 4.39. The average Bonchev–Trinajstić information content (AvgIpc) is 1.83. The summed E-state index contributed by atoms with van der Waals surface area (Å²) < 4.78 is 25.9. The summed E-state index contributed by atoms with van der Waals surface area (Å²) in [5.74, 6) is -0.220. The number of nitrogens with one attached hydrogen (secondary N) is 1. The summed E-state index contributed by atoms with van der Waals surface area (Å²) in [5.41, 5.74) is 0. The van der Waals surface area contributed by atoms with Crippen LogP contribution in [-0.4, -0.2) is 32.9 Å². The lowest BCUT2D eigenvalue weighted by Crippen LogP contribution is -2.26. The number of hydrogen-bond acceptors (Lipinski definition) is 4. The van der Waals surface area contributed by atoms with E-state index in [1.54, 1.807) is 0 Å². The molecule has 0 rings (SSSR count). The van der Waals surface area contributed by atoms with Gasteiger partial charge in [0.05, 0.1) is 7.11 Å². The van der Waals surface area contributed by atoms with Crippen LogP contribution >= 0.6 is 0 Å². The van der Waals surface area contributed by atoms with Gasteiger partial charge in [0.1, 0.15) is 5.25 Å². The zero-order chi connectivity index (χ0) is 8.36. The van der Waals surface area contributed by atoms with E-state index >= 15 is 0 Å². The van der Waals surface area contributed by atoms with Gasteiger partial charge in [0.2, 0.25) is 0 Å². The zero-order valence-electron chi connectivity index (χ0n) is 6.21. The lowest BCUT2D eigenvalue weighted by molar-refractivity contribution is 0.388. The molecule has 0 aliphatic carbocycles. The van der Waals surface area contributed by atoms with Gasteiger partial charge in [-0.05, 0) is 6.92 Å². The maximum atomic E-state index is 10.7. The molecule has 1 atom stereocenters. The quantitative estimate of drug-likeness (QED) is 0.464. The van der Waals surface area contributed by atoms with Crippen LogP contribution in [0.5, 0.6) is 0 Å². The minimum atomic E-state index is -3.16. The number of sulfone groups is 1. The van der Waals surface area contributed by atoms with Crippen LogP contribution in [0.15, 0.2) is 0 Å². The summed E-state index contributed by atoms with van der Waals surface area (Å²) in [6, 6.07) is 0. The number of methoxy groups -OCH3 is 1. The highest BCUT2D eigenvalue weighted by atomic mass is 32.2. The summed E-state index contributed by atoms with van der Waals surface area (Å²) >= 11 is 0.